The number of hydrogen-bond acceptors (Lipinski definition) is 4. The maximum Gasteiger partial charge on any atom is 0.246 e. The number of halogens is 2. The highest BCUT2D eigenvalue weighted by atomic mass is 32.2. The Morgan fingerprint density at radius 1 is 1.26 bits per heavy atom. The van der Waals surface area contributed by atoms with Gasteiger partial charge in [-0.05, 0) is 12.1 Å². The lowest BCUT2D eigenvalue weighted by atomic mass is 10.3. The van der Waals surface area contributed by atoms with Crippen LogP contribution in [0.5, 0.6) is 0 Å². The van der Waals surface area contributed by atoms with Crippen molar-refractivity contribution < 1.29 is 22.0 Å². The van der Waals surface area contributed by atoms with Gasteiger partial charge in [-0.2, -0.15) is 0 Å². The molecule has 0 aromatic heterocycles. The van der Waals surface area contributed by atoms with Crippen LogP contribution in [0.3, 0.4) is 0 Å². The SMILES string of the molecule is CC(=O)NCCNS(=O)(=O)c1c(F)cc(N)cc1F. The number of carbonyl (C=O) groups is 1. The van der Waals surface area contributed by atoms with E-state index < -0.39 is 26.6 Å². The number of benzene rings is 1. The van der Waals surface area contributed by atoms with Crippen molar-refractivity contribution in [3.8, 4) is 0 Å². The summed E-state index contributed by atoms with van der Waals surface area (Å²) >= 11 is 0. The van der Waals surface area contributed by atoms with Crippen LogP contribution in [0.4, 0.5) is 14.5 Å². The fourth-order valence-electron chi connectivity index (χ4n) is 1.33. The molecule has 1 amide bonds. The summed E-state index contributed by atoms with van der Waals surface area (Å²) in [5.74, 6) is -2.89. The van der Waals surface area contributed by atoms with Gasteiger partial charge in [0.1, 0.15) is 11.6 Å². The molecule has 0 unspecified atom stereocenters. The number of sulfonamides is 1. The molecule has 0 saturated carbocycles. The number of anilines is 1. The van der Waals surface area contributed by atoms with E-state index in [1.54, 1.807) is 0 Å². The normalized spacial score (nSPS) is 11.3. The molecule has 1 aromatic carbocycles. The van der Waals surface area contributed by atoms with Gasteiger partial charge in [0.05, 0.1) is 0 Å². The second-order valence-corrected chi connectivity index (χ2v) is 5.40. The average molecular weight is 293 g/mol. The maximum absolute atomic E-state index is 13.4. The van der Waals surface area contributed by atoms with Gasteiger partial charge in [-0.15, -0.1) is 0 Å². The molecule has 0 aliphatic heterocycles. The van der Waals surface area contributed by atoms with E-state index in [4.69, 9.17) is 5.73 Å². The largest absolute Gasteiger partial charge is 0.399 e. The zero-order valence-corrected chi connectivity index (χ0v) is 10.9. The van der Waals surface area contributed by atoms with Crippen molar-refractivity contribution in [2.45, 2.75) is 11.8 Å². The molecule has 0 saturated heterocycles. The van der Waals surface area contributed by atoms with Gasteiger partial charge in [-0.25, -0.2) is 21.9 Å². The van der Waals surface area contributed by atoms with E-state index >= 15 is 0 Å². The van der Waals surface area contributed by atoms with Crippen LogP contribution in [0.1, 0.15) is 6.92 Å². The number of nitrogens with two attached hydrogens (primary N) is 1. The van der Waals surface area contributed by atoms with Gasteiger partial charge in [0.25, 0.3) is 0 Å². The Bertz CT molecular complexity index is 567. The molecule has 19 heavy (non-hydrogen) atoms. The first-order chi connectivity index (χ1) is 8.74. The highest BCUT2D eigenvalue weighted by Gasteiger charge is 2.24. The lowest BCUT2D eigenvalue weighted by Gasteiger charge is -2.09. The number of nitrogen functional groups attached to an aromatic ring is 1. The van der Waals surface area contributed by atoms with Gasteiger partial charge >= 0.3 is 0 Å². The number of carbonyl (C=O) groups excluding carboxylic acids is 1. The van der Waals surface area contributed by atoms with Crippen molar-refractivity contribution in [1.29, 1.82) is 0 Å². The number of hydrogen-bond donors (Lipinski definition) is 3. The summed E-state index contributed by atoms with van der Waals surface area (Å²) < 4.78 is 52.2. The summed E-state index contributed by atoms with van der Waals surface area (Å²) in [5.41, 5.74) is 4.97. The molecule has 0 spiro atoms. The van der Waals surface area contributed by atoms with Crippen LogP contribution < -0.4 is 15.8 Å². The first-order valence-electron chi connectivity index (χ1n) is 5.22. The smallest absolute Gasteiger partial charge is 0.246 e. The van der Waals surface area contributed by atoms with Crippen LogP contribution in [-0.4, -0.2) is 27.4 Å². The van der Waals surface area contributed by atoms with E-state index in [1.165, 1.54) is 6.92 Å². The van der Waals surface area contributed by atoms with Crippen molar-refractivity contribution in [3.05, 3.63) is 23.8 Å². The third-order valence-electron chi connectivity index (χ3n) is 2.08. The van der Waals surface area contributed by atoms with Crippen molar-refractivity contribution in [1.82, 2.24) is 10.0 Å². The standard InChI is InChI=1S/C10H13F2N3O3S/c1-6(16)14-2-3-15-19(17,18)10-8(11)4-7(13)5-9(10)12/h4-5,15H,2-3,13H2,1H3,(H,14,16). The van der Waals surface area contributed by atoms with Crippen LogP contribution in [-0.2, 0) is 14.8 Å². The second kappa shape index (κ2) is 5.93. The minimum absolute atomic E-state index is 0.00672. The number of amides is 1. The summed E-state index contributed by atoms with van der Waals surface area (Å²) in [6, 6.07) is 1.43. The van der Waals surface area contributed by atoms with Crippen LogP contribution in [0, 0.1) is 11.6 Å². The van der Waals surface area contributed by atoms with Gasteiger partial charge in [-0.1, -0.05) is 0 Å². The van der Waals surface area contributed by atoms with Gasteiger partial charge in [0.15, 0.2) is 4.90 Å². The lowest BCUT2D eigenvalue weighted by molar-refractivity contribution is -0.118. The Balaban J connectivity index is 2.86. The van der Waals surface area contributed by atoms with E-state index in [1.807, 2.05) is 4.72 Å². The molecular formula is C10H13F2N3O3S. The second-order valence-electron chi connectivity index (χ2n) is 3.69. The molecule has 1 aromatic rings. The van der Waals surface area contributed by atoms with Gasteiger partial charge in [0.2, 0.25) is 15.9 Å². The topological polar surface area (TPSA) is 101 Å². The lowest BCUT2D eigenvalue weighted by Crippen LogP contribution is -2.34. The molecule has 0 aliphatic rings. The quantitative estimate of drug-likeness (QED) is 0.524. The van der Waals surface area contributed by atoms with E-state index in [9.17, 15) is 22.0 Å². The Hall–Kier alpha value is -1.74. The summed E-state index contributed by atoms with van der Waals surface area (Å²) in [4.78, 5) is 9.47. The van der Waals surface area contributed by atoms with Gasteiger partial charge in [0, 0.05) is 25.7 Å². The van der Waals surface area contributed by atoms with E-state index in [-0.39, 0.29) is 24.7 Å². The fraction of sp³-hybridized carbons (Fsp3) is 0.300. The molecule has 0 heterocycles. The molecule has 4 N–H and O–H groups in total. The monoisotopic (exact) mass is 293 g/mol. The van der Waals surface area contributed by atoms with Crippen molar-refractivity contribution in [3.63, 3.8) is 0 Å². The van der Waals surface area contributed by atoms with Crippen LogP contribution >= 0.6 is 0 Å². The van der Waals surface area contributed by atoms with Crippen molar-refractivity contribution in [2.24, 2.45) is 0 Å². The number of rotatable bonds is 5. The summed E-state index contributed by atoms with van der Waals surface area (Å²) in [5, 5.41) is 2.33. The minimum atomic E-state index is -4.34. The Labute approximate surface area is 109 Å². The van der Waals surface area contributed by atoms with Crippen LogP contribution in [0.25, 0.3) is 0 Å². The Morgan fingerprint density at radius 3 is 2.26 bits per heavy atom. The summed E-state index contributed by atoms with van der Waals surface area (Å²) in [6.07, 6.45) is 0. The molecule has 0 fully saturated rings. The highest BCUT2D eigenvalue weighted by Crippen LogP contribution is 2.21. The maximum atomic E-state index is 13.4. The molecule has 106 valence electrons. The van der Waals surface area contributed by atoms with Gasteiger partial charge < -0.3 is 11.1 Å². The van der Waals surface area contributed by atoms with Crippen LogP contribution in [0.15, 0.2) is 17.0 Å². The average Bonchev–Trinajstić information content (AvgIpc) is 2.22. The predicted molar refractivity (Wildman–Crippen MR) is 64.6 cm³/mol. The Kier molecular flexibility index (Phi) is 4.78. The predicted octanol–water partition coefficient (Wildman–Crippen LogP) is -0.0386. The van der Waals surface area contributed by atoms with E-state index in [2.05, 4.69) is 5.32 Å². The van der Waals surface area contributed by atoms with Crippen molar-refractivity contribution in [2.75, 3.05) is 18.8 Å². The number of nitrogens with one attached hydrogen (secondary N) is 2. The molecule has 0 aliphatic carbocycles. The van der Waals surface area contributed by atoms with Crippen LogP contribution in [0.2, 0.25) is 0 Å². The third-order valence-corrected chi connectivity index (χ3v) is 3.59. The summed E-state index contributed by atoms with van der Waals surface area (Å²) in [7, 11) is -4.34. The molecule has 9 heteroatoms. The van der Waals surface area contributed by atoms with Crippen molar-refractivity contribution >= 4 is 21.6 Å². The molecule has 0 radical (unpaired) electrons. The minimum Gasteiger partial charge on any atom is -0.399 e. The first kappa shape index (κ1) is 15.3. The third kappa shape index (κ3) is 4.14. The zero-order chi connectivity index (χ0) is 14.6. The van der Waals surface area contributed by atoms with Gasteiger partial charge in [-0.3, -0.25) is 4.79 Å². The molecular weight excluding hydrogens is 280 g/mol. The molecule has 0 atom stereocenters. The summed E-state index contributed by atoms with van der Waals surface area (Å²) in [6.45, 7) is 1.08. The highest BCUT2D eigenvalue weighted by molar-refractivity contribution is 7.89. The first-order valence-corrected chi connectivity index (χ1v) is 6.71. The molecule has 1 rings (SSSR count). The molecule has 0 bridgehead atoms. The fourth-order valence-corrected chi connectivity index (χ4v) is 2.48. The Morgan fingerprint density at radius 2 is 1.79 bits per heavy atom. The molecule has 6 nitrogen and oxygen atoms in total. The van der Waals surface area contributed by atoms with E-state index in [0.29, 0.717) is 12.1 Å². The zero-order valence-electron chi connectivity index (χ0n) is 10.0. The van der Waals surface area contributed by atoms with E-state index in [0.717, 1.165) is 0 Å².